The average Bonchev–Trinajstić information content (AvgIpc) is 2.97. The van der Waals surface area contributed by atoms with Crippen LogP contribution < -0.4 is 5.32 Å². The Bertz CT molecular complexity index is 1020. The van der Waals surface area contributed by atoms with E-state index in [1.54, 1.807) is 6.92 Å². The Morgan fingerprint density at radius 3 is 2.48 bits per heavy atom. The first kappa shape index (κ1) is 20.5. The lowest BCUT2D eigenvalue weighted by Crippen LogP contribution is -2.30. The lowest BCUT2D eigenvalue weighted by atomic mass is 10.2. The molecule has 0 saturated carbocycles. The molecule has 6 nitrogen and oxygen atoms in total. The number of anilines is 1. The lowest BCUT2D eigenvalue weighted by molar-refractivity contribution is -0.123. The number of nitrogens with zero attached hydrogens (tertiary/aromatic N) is 2. The highest BCUT2D eigenvalue weighted by atomic mass is 35.5. The second kappa shape index (κ2) is 8.87. The molecule has 8 heteroatoms. The number of rotatable bonds is 6. The molecule has 1 atom stereocenters. The number of amides is 1. The van der Waals surface area contributed by atoms with Crippen LogP contribution in [0.4, 0.5) is 10.1 Å². The maximum atomic E-state index is 13.0. The summed E-state index contributed by atoms with van der Waals surface area (Å²) in [6.45, 7) is 3.48. The van der Waals surface area contributed by atoms with E-state index in [0.717, 1.165) is 5.56 Å². The van der Waals surface area contributed by atoms with Gasteiger partial charge in [0.2, 0.25) is 0 Å². The van der Waals surface area contributed by atoms with Crippen LogP contribution in [0.2, 0.25) is 5.15 Å². The Morgan fingerprint density at radius 1 is 1.17 bits per heavy atom. The Balaban J connectivity index is 1.68. The molecule has 1 amide bonds. The van der Waals surface area contributed by atoms with Gasteiger partial charge in [0.25, 0.3) is 5.91 Å². The molecule has 0 spiro atoms. The Kier molecular flexibility index (Phi) is 6.29. The molecule has 0 bridgehead atoms. The van der Waals surface area contributed by atoms with Gasteiger partial charge in [-0.1, -0.05) is 41.9 Å². The summed E-state index contributed by atoms with van der Waals surface area (Å²) < 4.78 is 19.7. The summed E-state index contributed by atoms with van der Waals surface area (Å²) in [5.74, 6) is -1.70. The number of aromatic nitrogens is 2. The number of nitrogens with one attached hydrogen (secondary N) is 1. The van der Waals surface area contributed by atoms with E-state index in [0.29, 0.717) is 17.9 Å². The number of hydrogen-bond donors (Lipinski definition) is 1. The van der Waals surface area contributed by atoms with E-state index in [1.165, 1.54) is 35.9 Å². The summed E-state index contributed by atoms with van der Waals surface area (Å²) >= 11 is 6.35. The smallest absolute Gasteiger partial charge is 0.343 e. The van der Waals surface area contributed by atoms with Crippen LogP contribution in [0.15, 0.2) is 54.6 Å². The summed E-state index contributed by atoms with van der Waals surface area (Å²) in [5, 5.41) is 7.00. The monoisotopic (exact) mass is 415 g/mol. The molecule has 1 aromatic heterocycles. The second-order valence-corrected chi connectivity index (χ2v) is 6.80. The third-order valence-electron chi connectivity index (χ3n) is 4.21. The third kappa shape index (κ3) is 5.00. The van der Waals surface area contributed by atoms with Gasteiger partial charge in [-0.2, -0.15) is 5.10 Å². The number of aryl methyl sites for hydroxylation is 1. The topological polar surface area (TPSA) is 73.2 Å². The fraction of sp³-hybridized carbons (Fsp3) is 0.190. The average molecular weight is 416 g/mol. The van der Waals surface area contributed by atoms with Crippen molar-refractivity contribution in [2.45, 2.75) is 26.5 Å². The minimum atomic E-state index is -1.08. The SMILES string of the molecule is Cc1nn(Cc2ccccc2)c(Cl)c1C(=O)O[C@H](C)C(=O)Nc1ccc(F)cc1. The Hall–Kier alpha value is -3.19. The minimum absolute atomic E-state index is 0.115. The summed E-state index contributed by atoms with van der Waals surface area (Å²) in [5.41, 5.74) is 1.89. The van der Waals surface area contributed by atoms with Crippen LogP contribution in [0.25, 0.3) is 0 Å². The molecule has 29 heavy (non-hydrogen) atoms. The van der Waals surface area contributed by atoms with Gasteiger partial charge >= 0.3 is 5.97 Å². The van der Waals surface area contributed by atoms with Crippen molar-refractivity contribution >= 4 is 29.2 Å². The Labute approximate surface area is 172 Å². The van der Waals surface area contributed by atoms with E-state index in [1.807, 2.05) is 30.3 Å². The highest BCUT2D eigenvalue weighted by Gasteiger charge is 2.25. The zero-order valence-corrected chi connectivity index (χ0v) is 16.6. The molecule has 0 aliphatic carbocycles. The molecular weight excluding hydrogens is 397 g/mol. The number of carbonyl (C=O) groups is 2. The van der Waals surface area contributed by atoms with Gasteiger partial charge in [0.05, 0.1) is 12.2 Å². The van der Waals surface area contributed by atoms with E-state index in [2.05, 4.69) is 10.4 Å². The molecule has 3 aromatic rings. The molecule has 0 radical (unpaired) electrons. The Morgan fingerprint density at radius 2 is 1.83 bits per heavy atom. The van der Waals surface area contributed by atoms with E-state index in [4.69, 9.17) is 16.3 Å². The fourth-order valence-corrected chi connectivity index (χ4v) is 3.01. The first-order chi connectivity index (χ1) is 13.8. The van der Waals surface area contributed by atoms with Crippen molar-refractivity contribution in [3.05, 3.63) is 82.4 Å². The van der Waals surface area contributed by atoms with Gasteiger partial charge in [-0.15, -0.1) is 0 Å². The maximum absolute atomic E-state index is 13.0. The van der Waals surface area contributed by atoms with Crippen molar-refractivity contribution in [2.75, 3.05) is 5.32 Å². The van der Waals surface area contributed by atoms with Gasteiger partial charge < -0.3 is 10.1 Å². The summed E-state index contributed by atoms with van der Waals surface area (Å²) in [6, 6.07) is 14.8. The van der Waals surface area contributed by atoms with Crippen LogP contribution in [0.3, 0.4) is 0 Å². The zero-order chi connectivity index (χ0) is 21.0. The maximum Gasteiger partial charge on any atom is 0.343 e. The molecule has 0 unspecified atom stereocenters. The molecule has 150 valence electrons. The summed E-state index contributed by atoms with van der Waals surface area (Å²) in [4.78, 5) is 24.8. The van der Waals surface area contributed by atoms with Crippen LogP contribution in [-0.4, -0.2) is 27.8 Å². The molecule has 0 saturated heterocycles. The van der Waals surface area contributed by atoms with Crippen LogP contribution >= 0.6 is 11.6 Å². The zero-order valence-electron chi connectivity index (χ0n) is 15.9. The predicted octanol–water partition coefficient (Wildman–Crippen LogP) is 4.22. The number of esters is 1. The van der Waals surface area contributed by atoms with Crippen molar-refractivity contribution < 1.29 is 18.7 Å². The largest absolute Gasteiger partial charge is 0.449 e. The summed E-state index contributed by atoms with van der Waals surface area (Å²) in [6.07, 6.45) is -1.08. The van der Waals surface area contributed by atoms with E-state index in [-0.39, 0.29) is 10.7 Å². The molecule has 1 heterocycles. The highest BCUT2D eigenvalue weighted by molar-refractivity contribution is 6.32. The second-order valence-electron chi connectivity index (χ2n) is 6.44. The number of halogens is 2. The first-order valence-electron chi connectivity index (χ1n) is 8.89. The molecule has 3 rings (SSSR count). The minimum Gasteiger partial charge on any atom is -0.449 e. The number of hydrogen-bond acceptors (Lipinski definition) is 4. The van der Waals surface area contributed by atoms with Gasteiger partial charge in [0, 0.05) is 5.69 Å². The molecule has 0 fully saturated rings. The van der Waals surface area contributed by atoms with E-state index in [9.17, 15) is 14.0 Å². The van der Waals surface area contributed by atoms with Gasteiger partial charge in [0.1, 0.15) is 16.5 Å². The van der Waals surface area contributed by atoms with Gasteiger partial charge in [-0.3, -0.25) is 4.79 Å². The van der Waals surface area contributed by atoms with Crippen LogP contribution in [-0.2, 0) is 16.1 Å². The third-order valence-corrected chi connectivity index (χ3v) is 4.59. The number of carbonyl (C=O) groups excluding carboxylic acids is 2. The van der Waals surface area contributed by atoms with Gasteiger partial charge in [0.15, 0.2) is 6.10 Å². The number of benzene rings is 2. The molecule has 0 aliphatic rings. The molecule has 1 N–H and O–H groups in total. The van der Waals surface area contributed by atoms with Crippen LogP contribution in [0.5, 0.6) is 0 Å². The van der Waals surface area contributed by atoms with Crippen molar-refractivity contribution in [3.63, 3.8) is 0 Å². The predicted molar refractivity (Wildman–Crippen MR) is 107 cm³/mol. The van der Waals surface area contributed by atoms with Gasteiger partial charge in [-0.05, 0) is 43.7 Å². The van der Waals surface area contributed by atoms with Crippen molar-refractivity contribution in [2.24, 2.45) is 0 Å². The molecule has 2 aromatic carbocycles. The van der Waals surface area contributed by atoms with E-state index < -0.39 is 23.8 Å². The fourth-order valence-electron chi connectivity index (χ4n) is 2.70. The van der Waals surface area contributed by atoms with E-state index >= 15 is 0 Å². The highest BCUT2D eigenvalue weighted by Crippen LogP contribution is 2.22. The normalized spacial score (nSPS) is 11.7. The standard InChI is InChI=1S/C21H19ClFN3O3/c1-13-18(19(22)26(25-13)12-15-6-4-3-5-7-15)21(28)29-14(2)20(27)24-17-10-8-16(23)9-11-17/h3-11,14H,12H2,1-2H3,(H,24,27)/t14-/m1/s1. The quantitative estimate of drug-likeness (QED) is 0.612. The number of ether oxygens (including phenoxy) is 1. The van der Waals surface area contributed by atoms with Crippen LogP contribution in [0.1, 0.15) is 28.5 Å². The van der Waals surface area contributed by atoms with Gasteiger partial charge in [-0.25, -0.2) is 13.9 Å². The van der Waals surface area contributed by atoms with Crippen molar-refractivity contribution in [1.29, 1.82) is 0 Å². The lowest BCUT2D eigenvalue weighted by Gasteiger charge is -2.13. The first-order valence-corrected chi connectivity index (χ1v) is 9.27. The molecular formula is C21H19ClFN3O3. The summed E-state index contributed by atoms with van der Waals surface area (Å²) in [7, 11) is 0. The van der Waals surface area contributed by atoms with Crippen molar-refractivity contribution in [1.82, 2.24) is 9.78 Å². The molecule has 0 aliphatic heterocycles. The van der Waals surface area contributed by atoms with Crippen molar-refractivity contribution in [3.8, 4) is 0 Å². The van der Waals surface area contributed by atoms with Crippen LogP contribution in [0, 0.1) is 12.7 Å².